The second kappa shape index (κ2) is 13.8. The number of thioether (sulfide) groups is 1. The van der Waals surface area contributed by atoms with Crippen molar-refractivity contribution in [2.75, 3.05) is 4.90 Å². The smallest absolute Gasteiger partial charge is 0.0558 e. The maximum absolute atomic E-state index is 2.56. The van der Waals surface area contributed by atoms with Crippen LogP contribution < -0.4 is 4.90 Å². The Hall–Kier alpha value is -6.55. The van der Waals surface area contributed by atoms with Gasteiger partial charge in [0.05, 0.1) is 22.1 Å². The van der Waals surface area contributed by atoms with Crippen LogP contribution in [0.1, 0.15) is 53.0 Å². The Morgan fingerprint density at radius 3 is 2.22 bits per heavy atom. The normalized spacial score (nSPS) is 22.2. The summed E-state index contributed by atoms with van der Waals surface area (Å²) in [5, 5.41) is 2.55. The lowest BCUT2D eigenvalue weighted by Crippen LogP contribution is -2.48. The van der Waals surface area contributed by atoms with Crippen molar-refractivity contribution in [3.63, 3.8) is 0 Å². The molecule has 3 unspecified atom stereocenters. The van der Waals surface area contributed by atoms with E-state index in [-0.39, 0.29) is 16.7 Å². The average Bonchev–Trinajstić information content (AvgIpc) is 3.97. The van der Waals surface area contributed by atoms with Gasteiger partial charge in [0.15, 0.2) is 0 Å². The van der Waals surface area contributed by atoms with E-state index in [0.29, 0.717) is 5.92 Å². The van der Waals surface area contributed by atoms with Crippen LogP contribution in [0.4, 0.5) is 11.4 Å². The van der Waals surface area contributed by atoms with Gasteiger partial charge < -0.3 is 9.47 Å². The molecular formula is C57H44N2S. The first kappa shape index (κ1) is 35.4. The molecule has 0 bridgehead atoms. The van der Waals surface area contributed by atoms with Crippen molar-refractivity contribution in [2.45, 2.75) is 42.0 Å². The quantitative estimate of drug-likeness (QED) is 0.159. The average molecular weight is 789 g/mol. The van der Waals surface area contributed by atoms with Gasteiger partial charge in [0.2, 0.25) is 0 Å². The molecule has 60 heavy (non-hydrogen) atoms. The van der Waals surface area contributed by atoms with Crippen molar-refractivity contribution in [1.82, 2.24) is 4.57 Å². The lowest BCUT2D eigenvalue weighted by atomic mass is 9.49. The number of fused-ring (bicyclic) bond motifs is 9. The van der Waals surface area contributed by atoms with Gasteiger partial charge in [-0.15, -0.1) is 0 Å². The zero-order chi connectivity index (χ0) is 39.8. The van der Waals surface area contributed by atoms with E-state index in [1.807, 2.05) is 11.8 Å². The van der Waals surface area contributed by atoms with Gasteiger partial charge in [0, 0.05) is 50.8 Å². The van der Waals surface area contributed by atoms with Crippen LogP contribution in [0.3, 0.4) is 0 Å². The number of nitrogens with zero attached hydrogens (tertiary/aromatic N) is 2. The van der Waals surface area contributed by atoms with E-state index in [1.165, 1.54) is 82.1 Å². The zero-order valence-electron chi connectivity index (χ0n) is 33.6. The van der Waals surface area contributed by atoms with Crippen molar-refractivity contribution >= 4 is 44.9 Å². The van der Waals surface area contributed by atoms with Crippen LogP contribution in [-0.4, -0.2) is 4.57 Å². The molecule has 2 heterocycles. The summed E-state index contributed by atoms with van der Waals surface area (Å²) in [5.41, 5.74) is 13.9. The fourth-order valence-corrected chi connectivity index (χ4v) is 13.0. The Balaban J connectivity index is 1.02. The number of anilines is 2. The summed E-state index contributed by atoms with van der Waals surface area (Å²) in [4.78, 5) is 5.33. The van der Waals surface area contributed by atoms with E-state index in [0.717, 1.165) is 13.0 Å². The maximum atomic E-state index is 2.56. The number of aromatic nitrogens is 1. The van der Waals surface area contributed by atoms with Gasteiger partial charge in [0.1, 0.15) is 0 Å². The Bertz CT molecular complexity index is 3100. The first-order valence-electron chi connectivity index (χ1n) is 21.3. The fraction of sp³-hybridized carbons (Fsp3) is 0.123. The summed E-state index contributed by atoms with van der Waals surface area (Å²) in [6, 6.07) is 65.5. The van der Waals surface area contributed by atoms with Crippen LogP contribution in [0.2, 0.25) is 0 Å². The second-order valence-corrected chi connectivity index (χ2v) is 18.0. The zero-order valence-corrected chi connectivity index (χ0v) is 34.4. The predicted octanol–water partition coefficient (Wildman–Crippen LogP) is 14.7. The molecule has 0 radical (unpaired) electrons. The number of rotatable bonds is 7. The second-order valence-electron chi connectivity index (χ2n) is 16.9. The highest BCUT2D eigenvalue weighted by atomic mass is 32.2. The molecule has 2 nitrogen and oxygen atoms in total. The molecule has 0 saturated heterocycles. The fourth-order valence-electron chi connectivity index (χ4n) is 11.6. The molecule has 12 rings (SSSR count). The molecule has 0 N–H and O–H groups in total. The van der Waals surface area contributed by atoms with Crippen LogP contribution in [0.5, 0.6) is 0 Å². The van der Waals surface area contributed by atoms with Gasteiger partial charge in [0.25, 0.3) is 0 Å². The minimum absolute atomic E-state index is 0.166. The van der Waals surface area contributed by atoms with Crippen molar-refractivity contribution in [1.29, 1.82) is 0 Å². The van der Waals surface area contributed by atoms with Gasteiger partial charge in [-0.05, 0) is 93.2 Å². The monoisotopic (exact) mass is 788 g/mol. The van der Waals surface area contributed by atoms with Crippen LogP contribution in [0.15, 0.2) is 228 Å². The highest BCUT2D eigenvalue weighted by Gasteiger charge is 2.63. The lowest BCUT2D eigenvalue weighted by molar-refractivity contribution is 0.249. The number of benzene rings is 7. The van der Waals surface area contributed by atoms with Gasteiger partial charge >= 0.3 is 0 Å². The van der Waals surface area contributed by atoms with Gasteiger partial charge in [-0.25, -0.2) is 0 Å². The van der Waals surface area contributed by atoms with Crippen molar-refractivity contribution < 1.29 is 0 Å². The Morgan fingerprint density at radius 2 is 1.37 bits per heavy atom. The third-order valence-electron chi connectivity index (χ3n) is 13.9. The summed E-state index contributed by atoms with van der Waals surface area (Å²) in [7, 11) is 0. The van der Waals surface area contributed by atoms with Crippen molar-refractivity contribution in [2.24, 2.45) is 5.41 Å². The Morgan fingerprint density at radius 1 is 0.650 bits per heavy atom. The van der Waals surface area contributed by atoms with E-state index in [4.69, 9.17) is 0 Å². The first-order valence-corrected chi connectivity index (χ1v) is 22.1. The predicted molar refractivity (Wildman–Crippen MR) is 252 cm³/mol. The molecule has 0 saturated carbocycles. The van der Waals surface area contributed by atoms with Crippen LogP contribution in [0.25, 0.3) is 27.5 Å². The molecule has 7 aromatic carbocycles. The van der Waals surface area contributed by atoms with Crippen LogP contribution in [-0.2, 0) is 12.0 Å². The molecule has 3 heteroatoms. The summed E-state index contributed by atoms with van der Waals surface area (Å²) in [5.74, 6) is 0.526. The lowest BCUT2D eigenvalue weighted by Gasteiger charge is -2.52. The van der Waals surface area contributed by atoms with Gasteiger partial charge in [-0.2, -0.15) is 0 Å². The SMILES string of the molecule is C[C@@]1(C2(c3ccccc3)C3=CC=CCC3c3ccccc32)C=CC=C2Sc3c(cccc3N(Cc3ccc4c(c3)c3ccccc3n4-c3ccccc3)c3ccccc3)C21. The highest BCUT2D eigenvalue weighted by molar-refractivity contribution is 8.03. The standard InChI is InChI=1S/C57H44N2S/c1-56(57(40-19-5-2-6-20-40)48-29-14-11-25-43(48)44-26-12-15-30-49(44)57)36-18-33-53-54(56)46-28-17-32-52(55(46)60-53)58(41-21-7-3-8-22-41)38-39-34-35-51-47(37-39)45-27-13-16-31-50(45)59(51)42-23-9-4-10-24-42/h2-25,27-37,44,54H,26,38H2,1H3/t44?,54?,56-,57?/m1/s1. The van der Waals surface area contributed by atoms with E-state index in [2.05, 4.69) is 229 Å². The molecular weight excluding hydrogens is 745 g/mol. The Labute approximate surface area is 356 Å². The highest BCUT2D eigenvalue weighted by Crippen LogP contribution is 2.72. The van der Waals surface area contributed by atoms with Crippen molar-refractivity contribution in [3.8, 4) is 5.69 Å². The molecule has 1 aliphatic heterocycles. The number of hydrogen-bond donors (Lipinski definition) is 0. The molecule has 0 spiro atoms. The van der Waals surface area contributed by atoms with Crippen LogP contribution in [0, 0.1) is 5.41 Å². The molecule has 1 aromatic heterocycles. The van der Waals surface area contributed by atoms with Gasteiger partial charge in [-0.1, -0.05) is 183 Å². The molecule has 3 aliphatic carbocycles. The third kappa shape index (κ3) is 5.02. The van der Waals surface area contributed by atoms with Gasteiger partial charge in [-0.3, -0.25) is 0 Å². The molecule has 4 aliphatic rings. The minimum atomic E-state index is -0.355. The third-order valence-corrected chi connectivity index (χ3v) is 15.2. The first-order chi connectivity index (χ1) is 29.6. The molecule has 4 atom stereocenters. The summed E-state index contributed by atoms with van der Waals surface area (Å²) < 4.78 is 2.40. The Kier molecular flexibility index (Phi) is 8.12. The van der Waals surface area contributed by atoms with E-state index in [1.54, 1.807) is 0 Å². The van der Waals surface area contributed by atoms with Crippen molar-refractivity contribution in [3.05, 3.63) is 251 Å². The molecule has 8 aromatic rings. The largest absolute Gasteiger partial charge is 0.336 e. The van der Waals surface area contributed by atoms with E-state index in [9.17, 15) is 0 Å². The molecule has 0 amide bonds. The van der Waals surface area contributed by atoms with Crippen LogP contribution >= 0.6 is 11.8 Å². The molecule has 288 valence electrons. The van der Waals surface area contributed by atoms with E-state index >= 15 is 0 Å². The number of allylic oxidation sites excluding steroid dienone is 8. The maximum Gasteiger partial charge on any atom is 0.0558 e. The topological polar surface area (TPSA) is 8.17 Å². The minimum Gasteiger partial charge on any atom is -0.336 e. The summed E-state index contributed by atoms with van der Waals surface area (Å²) in [6.45, 7) is 3.30. The molecule has 0 fully saturated rings. The summed E-state index contributed by atoms with van der Waals surface area (Å²) >= 11 is 1.98. The summed E-state index contributed by atoms with van der Waals surface area (Å²) in [6.07, 6.45) is 15.5. The number of hydrogen-bond acceptors (Lipinski definition) is 2. The number of para-hydroxylation sites is 3. The van der Waals surface area contributed by atoms with E-state index < -0.39 is 0 Å².